The number of ether oxygens (including phenoxy) is 1. The normalized spacial score (nSPS) is 14.5. The number of carbonyl (C=O) groups excluding carboxylic acids is 3. The molecule has 2 aromatic rings. The second kappa shape index (κ2) is 8.71. The highest BCUT2D eigenvalue weighted by Crippen LogP contribution is 2.37. The van der Waals surface area contributed by atoms with Gasteiger partial charge in [-0.25, -0.2) is 19.6 Å². The third-order valence-electron chi connectivity index (χ3n) is 4.28. The number of carbonyl (C=O) groups is 4. The summed E-state index contributed by atoms with van der Waals surface area (Å²) >= 11 is 2.46. The minimum Gasteiger partial charge on any atom is -0.476 e. The molecule has 0 spiro atoms. The van der Waals surface area contributed by atoms with Crippen molar-refractivity contribution in [1.29, 1.82) is 0 Å². The number of aromatic carboxylic acids is 1. The zero-order chi connectivity index (χ0) is 22.8. The minimum atomic E-state index is -1.11. The lowest BCUT2D eigenvalue weighted by molar-refractivity contribution is -0.130. The fraction of sp³-hybridized carbons (Fsp3) is 0.474. The van der Waals surface area contributed by atoms with Gasteiger partial charge in [-0.3, -0.25) is 9.59 Å². The van der Waals surface area contributed by atoms with Gasteiger partial charge in [0.1, 0.15) is 26.8 Å². The van der Waals surface area contributed by atoms with Gasteiger partial charge in [0, 0.05) is 10.8 Å². The number of alkyl carbamates (subject to hydrolysis) is 1. The van der Waals surface area contributed by atoms with Crippen molar-refractivity contribution >= 4 is 46.4 Å². The quantitative estimate of drug-likeness (QED) is 0.503. The second-order valence-electron chi connectivity index (χ2n) is 8.06. The van der Waals surface area contributed by atoms with E-state index in [0.717, 1.165) is 0 Å². The van der Waals surface area contributed by atoms with Crippen LogP contribution in [0.1, 0.15) is 55.5 Å². The zero-order valence-electron chi connectivity index (χ0n) is 17.2. The monoisotopic (exact) mass is 466 g/mol. The minimum absolute atomic E-state index is 0.0460. The van der Waals surface area contributed by atoms with Gasteiger partial charge in [0.25, 0.3) is 0 Å². The number of Topliss-reactive ketones (excluding diaryl/α,β-unsaturated/α-hetero) is 1. The van der Waals surface area contributed by atoms with Crippen molar-refractivity contribution in [1.82, 2.24) is 20.6 Å². The molecular formula is C19H22N4O6S2. The number of nitrogens with one attached hydrogen (secondary N) is 2. The molecule has 10 nitrogen and oxygen atoms in total. The van der Waals surface area contributed by atoms with Crippen LogP contribution in [0, 0.1) is 0 Å². The van der Waals surface area contributed by atoms with Crippen LogP contribution in [0.2, 0.25) is 0 Å². The maximum absolute atomic E-state index is 12.5. The van der Waals surface area contributed by atoms with Crippen LogP contribution in [-0.2, 0) is 20.9 Å². The van der Waals surface area contributed by atoms with Crippen molar-refractivity contribution in [3.63, 3.8) is 0 Å². The predicted molar refractivity (Wildman–Crippen MR) is 113 cm³/mol. The van der Waals surface area contributed by atoms with Crippen LogP contribution in [0.5, 0.6) is 0 Å². The number of nitrogens with zero attached hydrogens (tertiary/aromatic N) is 2. The summed E-state index contributed by atoms with van der Waals surface area (Å²) in [6.45, 7) is 5.31. The summed E-state index contributed by atoms with van der Waals surface area (Å²) in [6, 6.07) is 0. The first kappa shape index (κ1) is 22.8. The van der Waals surface area contributed by atoms with E-state index in [1.54, 1.807) is 26.2 Å². The maximum atomic E-state index is 12.5. The molecule has 0 aromatic carbocycles. The predicted octanol–water partition coefficient (Wildman–Crippen LogP) is 2.60. The standard InChI is InChI=1S/C19H22N4O6S2/c1-18(2,3)29-17(28)23-19(4-5-19)12(24)6-13(25)20-7-14-21-10(8-30-14)15-22-11(9-31-15)16(26)27/h8-9H,4-7H2,1-3H3,(H,20,25)(H,23,28)(H,26,27). The van der Waals surface area contributed by atoms with Crippen molar-refractivity contribution in [2.45, 2.75) is 57.7 Å². The van der Waals surface area contributed by atoms with E-state index in [2.05, 4.69) is 20.6 Å². The number of rotatable bonds is 8. The van der Waals surface area contributed by atoms with Crippen molar-refractivity contribution in [2.24, 2.45) is 0 Å². The highest BCUT2D eigenvalue weighted by atomic mass is 32.1. The first-order chi connectivity index (χ1) is 14.5. The fourth-order valence-corrected chi connectivity index (χ4v) is 4.18. The SMILES string of the molecule is CC(C)(C)OC(=O)NC1(C(=O)CC(=O)NCc2nc(-c3nc(C(=O)O)cs3)cs2)CC1. The summed E-state index contributed by atoms with van der Waals surface area (Å²) in [5, 5.41) is 18.4. The summed E-state index contributed by atoms with van der Waals surface area (Å²) in [5.41, 5.74) is -1.22. The smallest absolute Gasteiger partial charge is 0.408 e. The average molecular weight is 467 g/mol. The Morgan fingerprint density at radius 3 is 2.45 bits per heavy atom. The number of ketones is 1. The van der Waals surface area contributed by atoms with Gasteiger partial charge in [0.05, 0.1) is 13.0 Å². The van der Waals surface area contributed by atoms with E-state index in [9.17, 15) is 19.2 Å². The maximum Gasteiger partial charge on any atom is 0.408 e. The fourth-order valence-electron chi connectivity index (χ4n) is 2.63. The lowest BCUT2D eigenvalue weighted by Gasteiger charge is -2.22. The van der Waals surface area contributed by atoms with Gasteiger partial charge in [-0.05, 0) is 33.6 Å². The summed E-state index contributed by atoms with van der Waals surface area (Å²) in [6.07, 6.45) is -0.0919. The Morgan fingerprint density at radius 2 is 1.87 bits per heavy atom. The Morgan fingerprint density at radius 1 is 1.16 bits per heavy atom. The van der Waals surface area contributed by atoms with E-state index < -0.39 is 29.1 Å². The highest BCUT2D eigenvalue weighted by Gasteiger charge is 2.51. The lowest BCUT2D eigenvalue weighted by atomic mass is 10.1. The van der Waals surface area contributed by atoms with Crippen molar-refractivity contribution in [2.75, 3.05) is 0 Å². The number of aromatic nitrogens is 2. The molecule has 1 aliphatic rings. The number of thiazole rings is 2. The molecule has 3 N–H and O–H groups in total. The average Bonchev–Trinajstić information content (AvgIpc) is 3.07. The number of carboxylic acid groups (broad SMARTS) is 1. The highest BCUT2D eigenvalue weighted by molar-refractivity contribution is 7.14. The van der Waals surface area contributed by atoms with Gasteiger partial charge in [0.2, 0.25) is 5.91 Å². The van der Waals surface area contributed by atoms with Crippen molar-refractivity contribution in [3.05, 3.63) is 21.5 Å². The van der Waals surface area contributed by atoms with Crippen molar-refractivity contribution in [3.8, 4) is 10.7 Å². The second-order valence-corrected chi connectivity index (χ2v) is 9.86. The third kappa shape index (κ3) is 6.07. The van der Waals surface area contributed by atoms with Gasteiger partial charge >= 0.3 is 12.1 Å². The van der Waals surface area contributed by atoms with Crippen LogP contribution in [0.4, 0.5) is 4.79 Å². The van der Waals surface area contributed by atoms with Crippen LogP contribution in [0.25, 0.3) is 10.7 Å². The molecule has 3 rings (SSSR count). The Balaban J connectivity index is 1.49. The third-order valence-corrected chi connectivity index (χ3v) is 5.99. The Bertz CT molecular complexity index is 1020. The van der Waals surface area contributed by atoms with Gasteiger partial charge < -0.3 is 20.5 Å². The largest absolute Gasteiger partial charge is 0.476 e. The molecule has 1 fully saturated rings. The number of hydrogen-bond donors (Lipinski definition) is 3. The van der Waals surface area contributed by atoms with E-state index >= 15 is 0 Å². The molecule has 1 aliphatic carbocycles. The molecule has 0 bridgehead atoms. The molecule has 166 valence electrons. The molecule has 0 radical (unpaired) electrons. The topological polar surface area (TPSA) is 148 Å². The Labute approximate surface area is 186 Å². The molecule has 0 unspecified atom stereocenters. The lowest BCUT2D eigenvalue weighted by Crippen LogP contribution is -2.46. The molecule has 31 heavy (non-hydrogen) atoms. The van der Waals surface area contributed by atoms with Crippen LogP contribution in [-0.4, -0.2) is 50.0 Å². The first-order valence-corrected chi connectivity index (χ1v) is 11.2. The molecule has 12 heteroatoms. The van der Waals surface area contributed by atoms with Gasteiger partial charge in [0.15, 0.2) is 11.5 Å². The van der Waals surface area contributed by atoms with Crippen LogP contribution in [0.3, 0.4) is 0 Å². The molecule has 0 aliphatic heterocycles. The molecular weight excluding hydrogens is 444 g/mol. The van der Waals surface area contributed by atoms with E-state index in [1.165, 1.54) is 28.1 Å². The summed E-state index contributed by atoms with van der Waals surface area (Å²) in [5.74, 6) is -1.94. The van der Waals surface area contributed by atoms with E-state index in [4.69, 9.17) is 9.84 Å². The number of carboxylic acids is 1. The Hall–Kier alpha value is -2.86. The molecule has 2 aromatic heterocycles. The molecule has 0 atom stereocenters. The van der Waals surface area contributed by atoms with Crippen LogP contribution >= 0.6 is 22.7 Å². The summed E-state index contributed by atoms with van der Waals surface area (Å²) < 4.78 is 5.18. The van der Waals surface area contributed by atoms with Gasteiger partial charge in [-0.1, -0.05) is 0 Å². The van der Waals surface area contributed by atoms with Crippen molar-refractivity contribution < 1.29 is 29.0 Å². The molecule has 1 saturated carbocycles. The van der Waals surface area contributed by atoms with E-state index in [0.29, 0.717) is 28.6 Å². The van der Waals surface area contributed by atoms with E-state index in [1.807, 2.05) is 0 Å². The van der Waals surface area contributed by atoms with Crippen LogP contribution < -0.4 is 10.6 Å². The molecule has 2 amide bonds. The molecule has 2 heterocycles. The number of amides is 2. The zero-order valence-corrected chi connectivity index (χ0v) is 18.8. The first-order valence-electron chi connectivity index (χ1n) is 9.42. The van der Waals surface area contributed by atoms with Gasteiger partial charge in [-0.2, -0.15) is 0 Å². The number of hydrogen-bond acceptors (Lipinski definition) is 9. The molecule has 0 saturated heterocycles. The Kier molecular flexibility index (Phi) is 6.41. The van der Waals surface area contributed by atoms with Crippen LogP contribution in [0.15, 0.2) is 10.8 Å². The summed E-state index contributed by atoms with van der Waals surface area (Å²) in [4.78, 5) is 55.9. The summed E-state index contributed by atoms with van der Waals surface area (Å²) in [7, 11) is 0. The van der Waals surface area contributed by atoms with Gasteiger partial charge in [-0.15, -0.1) is 22.7 Å². The van der Waals surface area contributed by atoms with E-state index in [-0.39, 0.29) is 24.4 Å².